The normalized spacial score (nSPS) is 10.4. The lowest BCUT2D eigenvalue weighted by Gasteiger charge is -2.10. The second-order valence-corrected chi connectivity index (χ2v) is 6.56. The molecule has 0 saturated carbocycles. The molecule has 0 aromatic heterocycles. The number of carbonyl (C=O) groups is 2. The van der Waals surface area contributed by atoms with E-state index in [-0.39, 0.29) is 16.9 Å². The average molecular weight is 423 g/mol. The summed E-state index contributed by atoms with van der Waals surface area (Å²) < 4.78 is 24.0. The average Bonchev–Trinajstić information content (AvgIpc) is 2.63. The van der Waals surface area contributed by atoms with E-state index >= 15 is 0 Å². The number of hydrogen-bond acceptors (Lipinski definition) is 4. The van der Waals surface area contributed by atoms with E-state index in [0.29, 0.717) is 11.1 Å². The standard InChI is InChI=1S/C20H20BrFO4/c1-2-3-4-7-12-25-19(23)15-8-5-6-9-16(15)20(24)26-18-11-10-14(22)13-17(18)21/h5-6,8-11,13H,2-4,7,12H2,1H3. The Kier molecular flexibility index (Phi) is 7.78. The van der Waals surface area contributed by atoms with Crippen LogP contribution in [0.15, 0.2) is 46.9 Å². The zero-order chi connectivity index (χ0) is 18.9. The van der Waals surface area contributed by atoms with Gasteiger partial charge >= 0.3 is 11.9 Å². The van der Waals surface area contributed by atoms with Crippen molar-refractivity contribution in [2.75, 3.05) is 6.61 Å². The van der Waals surface area contributed by atoms with E-state index in [4.69, 9.17) is 9.47 Å². The zero-order valence-electron chi connectivity index (χ0n) is 14.5. The second kappa shape index (κ2) is 10.1. The van der Waals surface area contributed by atoms with Crippen molar-refractivity contribution in [3.63, 3.8) is 0 Å². The molecule has 4 nitrogen and oxygen atoms in total. The molecule has 0 fully saturated rings. The quantitative estimate of drug-likeness (QED) is 0.318. The molecule has 0 heterocycles. The van der Waals surface area contributed by atoms with Crippen LogP contribution in [-0.2, 0) is 4.74 Å². The highest BCUT2D eigenvalue weighted by molar-refractivity contribution is 9.10. The van der Waals surface area contributed by atoms with Gasteiger partial charge in [0.05, 0.1) is 22.2 Å². The topological polar surface area (TPSA) is 52.6 Å². The molecule has 138 valence electrons. The fraction of sp³-hybridized carbons (Fsp3) is 0.300. The van der Waals surface area contributed by atoms with Crippen molar-refractivity contribution >= 4 is 27.9 Å². The number of rotatable bonds is 8. The van der Waals surface area contributed by atoms with Gasteiger partial charge in [-0.2, -0.15) is 0 Å². The maximum absolute atomic E-state index is 13.1. The molecule has 0 N–H and O–H groups in total. The highest BCUT2D eigenvalue weighted by atomic mass is 79.9. The summed E-state index contributed by atoms with van der Waals surface area (Å²) in [6.45, 7) is 2.42. The van der Waals surface area contributed by atoms with Crippen LogP contribution >= 0.6 is 15.9 Å². The maximum atomic E-state index is 13.1. The van der Waals surface area contributed by atoms with Crippen LogP contribution in [0.4, 0.5) is 4.39 Å². The first-order valence-corrected chi connectivity index (χ1v) is 9.25. The van der Waals surface area contributed by atoms with Gasteiger partial charge in [-0.3, -0.25) is 0 Å². The Labute approximate surface area is 160 Å². The van der Waals surface area contributed by atoms with Gasteiger partial charge in [-0.25, -0.2) is 14.0 Å². The van der Waals surface area contributed by atoms with Crippen molar-refractivity contribution < 1.29 is 23.5 Å². The number of esters is 2. The van der Waals surface area contributed by atoms with Crippen LogP contribution in [0.25, 0.3) is 0 Å². The SMILES string of the molecule is CCCCCCOC(=O)c1ccccc1C(=O)Oc1ccc(F)cc1Br. The third kappa shape index (κ3) is 5.66. The molecule has 0 aliphatic heterocycles. The summed E-state index contributed by atoms with van der Waals surface area (Å²) in [7, 11) is 0. The summed E-state index contributed by atoms with van der Waals surface area (Å²) in [4.78, 5) is 24.7. The van der Waals surface area contributed by atoms with Crippen LogP contribution in [0.2, 0.25) is 0 Å². The summed E-state index contributed by atoms with van der Waals surface area (Å²) in [6.07, 6.45) is 3.97. The van der Waals surface area contributed by atoms with Crippen molar-refractivity contribution in [2.45, 2.75) is 32.6 Å². The van der Waals surface area contributed by atoms with Gasteiger partial charge in [0.1, 0.15) is 11.6 Å². The fourth-order valence-electron chi connectivity index (χ4n) is 2.32. The highest BCUT2D eigenvalue weighted by Gasteiger charge is 2.20. The van der Waals surface area contributed by atoms with E-state index in [9.17, 15) is 14.0 Å². The molecule has 2 rings (SSSR count). The number of ether oxygens (including phenoxy) is 2. The summed E-state index contributed by atoms with van der Waals surface area (Å²) >= 11 is 3.14. The lowest BCUT2D eigenvalue weighted by molar-refractivity contribution is 0.0489. The Morgan fingerprint density at radius 1 is 1.00 bits per heavy atom. The molecule has 2 aromatic rings. The minimum absolute atomic E-state index is 0.0993. The van der Waals surface area contributed by atoms with Crippen molar-refractivity contribution in [2.24, 2.45) is 0 Å². The fourth-order valence-corrected chi connectivity index (χ4v) is 2.76. The molecule has 0 aliphatic carbocycles. The Morgan fingerprint density at radius 3 is 2.35 bits per heavy atom. The summed E-state index contributed by atoms with van der Waals surface area (Å²) in [6, 6.07) is 10.0. The Morgan fingerprint density at radius 2 is 1.69 bits per heavy atom. The van der Waals surface area contributed by atoms with Crippen molar-refractivity contribution in [3.05, 3.63) is 63.9 Å². The first-order chi connectivity index (χ1) is 12.5. The van der Waals surface area contributed by atoms with E-state index < -0.39 is 17.8 Å². The van der Waals surface area contributed by atoms with Gasteiger partial charge in [-0.15, -0.1) is 0 Å². The molecule has 0 amide bonds. The smallest absolute Gasteiger partial charge is 0.344 e. The van der Waals surface area contributed by atoms with Gasteiger partial charge in [-0.1, -0.05) is 38.3 Å². The minimum Gasteiger partial charge on any atom is -0.462 e. The molecular formula is C20H20BrFO4. The maximum Gasteiger partial charge on any atom is 0.344 e. The van der Waals surface area contributed by atoms with Gasteiger partial charge in [0.25, 0.3) is 0 Å². The van der Waals surface area contributed by atoms with Gasteiger partial charge in [-0.05, 0) is 52.7 Å². The molecule has 26 heavy (non-hydrogen) atoms. The number of carbonyl (C=O) groups excluding carboxylic acids is 2. The third-order valence-corrected chi connectivity index (χ3v) is 4.31. The van der Waals surface area contributed by atoms with E-state index in [1.165, 1.54) is 30.3 Å². The van der Waals surface area contributed by atoms with Crippen LogP contribution in [0.1, 0.15) is 53.3 Å². The molecule has 0 unspecified atom stereocenters. The van der Waals surface area contributed by atoms with Crippen molar-refractivity contribution in [1.82, 2.24) is 0 Å². The van der Waals surface area contributed by atoms with Gasteiger partial charge in [0.15, 0.2) is 0 Å². The molecule has 0 saturated heterocycles. The summed E-state index contributed by atoms with van der Waals surface area (Å²) in [5, 5.41) is 0. The largest absolute Gasteiger partial charge is 0.462 e. The number of unbranched alkanes of at least 4 members (excludes halogenated alkanes) is 3. The molecule has 0 aliphatic rings. The van der Waals surface area contributed by atoms with Gasteiger partial charge in [0.2, 0.25) is 0 Å². The van der Waals surface area contributed by atoms with E-state index in [1.807, 2.05) is 0 Å². The molecule has 2 aromatic carbocycles. The molecule has 0 atom stereocenters. The number of hydrogen-bond donors (Lipinski definition) is 0. The first kappa shape index (κ1) is 20.1. The van der Waals surface area contributed by atoms with E-state index in [0.717, 1.165) is 25.7 Å². The first-order valence-electron chi connectivity index (χ1n) is 8.46. The third-order valence-electron chi connectivity index (χ3n) is 3.69. The van der Waals surface area contributed by atoms with Crippen molar-refractivity contribution in [3.8, 4) is 5.75 Å². The van der Waals surface area contributed by atoms with Crippen LogP contribution in [0.3, 0.4) is 0 Å². The molecule has 0 spiro atoms. The lowest BCUT2D eigenvalue weighted by atomic mass is 10.1. The lowest BCUT2D eigenvalue weighted by Crippen LogP contribution is -2.16. The summed E-state index contributed by atoms with van der Waals surface area (Å²) in [5.74, 6) is -1.56. The van der Waals surface area contributed by atoms with Crippen LogP contribution in [0, 0.1) is 5.82 Å². The van der Waals surface area contributed by atoms with E-state index in [2.05, 4.69) is 22.9 Å². The second-order valence-electron chi connectivity index (χ2n) is 5.71. The van der Waals surface area contributed by atoms with Crippen molar-refractivity contribution in [1.29, 1.82) is 0 Å². The van der Waals surface area contributed by atoms with Crippen LogP contribution in [0.5, 0.6) is 5.75 Å². The minimum atomic E-state index is -0.712. The number of benzene rings is 2. The molecular weight excluding hydrogens is 403 g/mol. The molecule has 0 bridgehead atoms. The summed E-state index contributed by atoms with van der Waals surface area (Å²) in [5.41, 5.74) is 0.244. The monoisotopic (exact) mass is 422 g/mol. The Bertz CT molecular complexity index is 776. The van der Waals surface area contributed by atoms with Gasteiger partial charge < -0.3 is 9.47 Å². The molecule has 0 radical (unpaired) electrons. The predicted octanol–water partition coefficient (Wildman–Crippen LogP) is 5.54. The molecule has 6 heteroatoms. The van der Waals surface area contributed by atoms with Crippen LogP contribution < -0.4 is 4.74 Å². The van der Waals surface area contributed by atoms with Crippen LogP contribution in [-0.4, -0.2) is 18.5 Å². The predicted molar refractivity (Wildman–Crippen MR) is 99.9 cm³/mol. The Balaban J connectivity index is 2.07. The highest BCUT2D eigenvalue weighted by Crippen LogP contribution is 2.26. The Hall–Kier alpha value is -2.21. The van der Waals surface area contributed by atoms with Gasteiger partial charge in [0, 0.05) is 0 Å². The number of halogens is 2. The zero-order valence-corrected chi connectivity index (χ0v) is 16.1. The van der Waals surface area contributed by atoms with E-state index in [1.54, 1.807) is 12.1 Å².